The third-order valence-electron chi connectivity index (χ3n) is 12.5. The van der Waals surface area contributed by atoms with E-state index in [1.54, 1.807) is 24.4 Å². The topological polar surface area (TPSA) is 50.9 Å². The number of aromatic nitrogens is 3. The standard InChI is InChI=1S/C62H61N3O/c1-39(2)31-48-35-52(27-28-53(48)44-19-14-11-15-20-44)65-58-22-16-21-54(59(58)64-61(65)56-37-46(40(3)4)36-55(41(5)6)60(56)66)49-32-47(42-17-12-10-13-18-42)33-50(34-49)57-38-45(29-30-63-57)43-23-25-51(26-24-43)62(7,8)9/h10-30,32-41,66H,31H2,1-9H3/i7D3,8D3,9D3. The van der Waals surface area contributed by atoms with E-state index in [1.165, 1.54) is 23.3 Å². The molecule has 2 heterocycles. The second-order valence-electron chi connectivity index (χ2n) is 18.5. The first-order valence-corrected chi connectivity index (χ1v) is 22.8. The molecule has 0 saturated carbocycles. The summed E-state index contributed by atoms with van der Waals surface area (Å²) in [5.41, 5.74) is 11.6. The number of aromatic hydroxyl groups is 1. The van der Waals surface area contributed by atoms with Crippen molar-refractivity contribution in [1.29, 1.82) is 0 Å². The lowest BCUT2D eigenvalue weighted by atomic mass is 9.86. The van der Waals surface area contributed by atoms with Crippen LogP contribution in [0.4, 0.5) is 0 Å². The van der Waals surface area contributed by atoms with Crippen molar-refractivity contribution in [3.63, 3.8) is 0 Å². The van der Waals surface area contributed by atoms with Crippen molar-refractivity contribution >= 4 is 11.0 Å². The fourth-order valence-corrected chi connectivity index (χ4v) is 9.03. The van der Waals surface area contributed by atoms with Crippen molar-refractivity contribution in [2.75, 3.05) is 0 Å². The number of imidazole rings is 1. The molecule has 66 heavy (non-hydrogen) atoms. The molecule has 0 unspecified atom stereocenters. The van der Waals surface area contributed by atoms with Crippen LogP contribution in [0.15, 0.2) is 170 Å². The van der Waals surface area contributed by atoms with Gasteiger partial charge in [-0.15, -0.1) is 0 Å². The Morgan fingerprint density at radius 3 is 1.92 bits per heavy atom. The lowest BCUT2D eigenvalue weighted by molar-refractivity contribution is 0.466. The van der Waals surface area contributed by atoms with Gasteiger partial charge in [-0.25, -0.2) is 4.98 Å². The number of hydrogen-bond donors (Lipinski definition) is 1. The number of phenolic OH excluding ortho intramolecular Hbond substituents is 1. The first-order valence-electron chi connectivity index (χ1n) is 27.3. The number of hydrogen-bond acceptors (Lipinski definition) is 3. The molecular weight excluding hydrogens is 803 g/mol. The van der Waals surface area contributed by atoms with Gasteiger partial charge in [0.15, 0.2) is 0 Å². The number of benzene rings is 7. The van der Waals surface area contributed by atoms with Crippen LogP contribution in [-0.2, 0) is 11.8 Å². The number of para-hydroxylation sites is 1. The maximum Gasteiger partial charge on any atom is 0.149 e. The predicted molar refractivity (Wildman–Crippen MR) is 279 cm³/mol. The number of pyridine rings is 1. The molecular formula is C62H61N3O. The molecule has 9 rings (SSSR count). The quantitative estimate of drug-likeness (QED) is 0.141. The molecule has 7 aromatic carbocycles. The van der Waals surface area contributed by atoms with Crippen molar-refractivity contribution in [1.82, 2.24) is 14.5 Å². The van der Waals surface area contributed by atoms with E-state index in [4.69, 9.17) is 22.3 Å². The highest BCUT2D eigenvalue weighted by molar-refractivity contribution is 5.98. The first-order chi connectivity index (χ1) is 35.5. The van der Waals surface area contributed by atoms with E-state index in [0.29, 0.717) is 34.1 Å². The fraction of sp³-hybridized carbons (Fsp3) is 0.226. The molecule has 0 aliphatic heterocycles. The Bertz CT molecular complexity index is 3480. The Hall–Kier alpha value is -7.04. The minimum atomic E-state index is -3.37. The molecule has 4 heteroatoms. The second-order valence-corrected chi connectivity index (χ2v) is 18.5. The summed E-state index contributed by atoms with van der Waals surface area (Å²) in [4.78, 5) is 10.4. The van der Waals surface area contributed by atoms with Crippen LogP contribution < -0.4 is 0 Å². The van der Waals surface area contributed by atoms with E-state index in [1.807, 2.05) is 36.4 Å². The van der Waals surface area contributed by atoms with Crippen LogP contribution >= 0.6 is 0 Å². The van der Waals surface area contributed by atoms with Gasteiger partial charge in [-0.1, -0.05) is 171 Å². The van der Waals surface area contributed by atoms with E-state index in [-0.39, 0.29) is 23.1 Å². The van der Waals surface area contributed by atoms with Crippen molar-refractivity contribution in [2.24, 2.45) is 5.92 Å². The van der Waals surface area contributed by atoms with Gasteiger partial charge >= 0.3 is 0 Å². The summed E-state index contributed by atoms with van der Waals surface area (Å²) >= 11 is 0. The van der Waals surface area contributed by atoms with Gasteiger partial charge in [-0.2, -0.15) is 0 Å². The Morgan fingerprint density at radius 2 is 1.24 bits per heavy atom. The molecule has 0 radical (unpaired) electrons. The van der Waals surface area contributed by atoms with Gasteiger partial charge in [0.1, 0.15) is 11.6 Å². The molecule has 330 valence electrons. The molecule has 4 nitrogen and oxygen atoms in total. The maximum absolute atomic E-state index is 12.3. The molecule has 0 fully saturated rings. The molecule has 0 amide bonds. The number of nitrogens with zero attached hydrogens (tertiary/aromatic N) is 3. The van der Waals surface area contributed by atoms with E-state index in [9.17, 15) is 5.11 Å². The normalized spacial score (nSPS) is 14.5. The predicted octanol–water partition coefficient (Wildman–Crippen LogP) is 16.9. The zero-order chi connectivity index (χ0) is 53.8. The Labute approximate surface area is 404 Å². The average Bonchev–Trinajstić information content (AvgIpc) is 3.76. The van der Waals surface area contributed by atoms with Gasteiger partial charge in [-0.05, 0) is 145 Å². The van der Waals surface area contributed by atoms with Gasteiger partial charge in [0, 0.05) is 35.3 Å². The minimum absolute atomic E-state index is 0.0491. The van der Waals surface area contributed by atoms with Crippen LogP contribution in [-0.4, -0.2) is 19.6 Å². The molecule has 0 bridgehead atoms. The first kappa shape index (κ1) is 34.3. The highest BCUT2D eigenvalue weighted by Crippen LogP contribution is 2.44. The average molecular weight is 873 g/mol. The van der Waals surface area contributed by atoms with Crippen LogP contribution in [0.25, 0.3) is 83.9 Å². The van der Waals surface area contributed by atoms with Crippen molar-refractivity contribution < 1.29 is 17.4 Å². The van der Waals surface area contributed by atoms with Gasteiger partial charge in [0.05, 0.1) is 22.3 Å². The number of phenols is 1. The summed E-state index contributed by atoms with van der Waals surface area (Å²) in [6, 6.07) is 53.4. The molecule has 0 aliphatic rings. The Morgan fingerprint density at radius 1 is 0.561 bits per heavy atom. The number of fused-ring (bicyclic) bond motifs is 1. The monoisotopic (exact) mass is 873 g/mol. The lowest BCUT2D eigenvalue weighted by Gasteiger charge is -2.19. The van der Waals surface area contributed by atoms with Crippen molar-refractivity contribution in [2.45, 2.75) is 85.8 Å². The van der Waals surface area contributed by atoms with Crippen LogP contribution in [0.5, 0.6) is 5.75 Å². The lowest BCUT2D eigenvalue weighted by Crippen LogP contribution is -2.10. The molecule has 9 aromatic rings. The largest absolute Gasteiger partial charge is 0.507 e. The van der Waals surface area contributed by atoms with Crippen LogP contribution in [0.1, 0.15) is 109 Å². The SMILES string of the molecule is [2H]C([2H])([2H])C(c1ccc(-c2ccnc(-c3cc(-c4ccccc4)cc(-c4cccc5c4nc(-c4cc(C(C)C)cc(C(C)C)c4O)n5-c4ccc(-c5ccccc5)c(CC(C)C)c4)c3)c2)cc1)(C([2H])([2H])[2H])C([2H])([2H])[2H]. The fourth-order valence-electron chi connectivity index (χ4n) is 9.03. The van der Waals surface area contributed by atoms with E-state index in [0.717, 1.165) is 67.6 Å². The third kappa shape index (κ3) is 8.85. The highest BCUT2D eigenvalue weighted by Gasteiger charge is 2.25. The number of rotatable bonds is 11. The summed E-state index contributed by atoms with van der Waals surface area (Å²) < 4.78 is 76.2. The summed E-state index contributed by atoms with van der Waals surface area (Å²) in [6.45, 7) is 2.88. The van der Waals surface area contributed by atoms with Crippen LogP contribution in [0.3, 0.4) is 0 Å². The van der Waals surface area contributed by atoms with Crippen molar-refractivity contribution in [3.05, 3.63) is 192 Å². The van der Waals surface area contributed by atoms with Crippen LogP contribution in [0.2, 0.25) is 0 Å². The maximum atomic E-state index is 12.3. The molecule has 1 N–H and O–H groups in total. The zero-order valence-corrected chi connectivity index (χ0v) is 38.4. The molecule has 2 aromatic heterocycles. The van der Waals surface area contributed by atoms with Crippen molar-refractivity contribution in [3.8, 4) is 78.6 Å². The van der Waals surface area contributed by atoms with E-state index < -0.39 is 26.0 Å². The molecule has 0 spiro atoms. The summed E-state index contributed by atoms with van der Waals surface area (Å²) in [6.07, 6.45) is 2.53. The Kier molecular flexibility index (Phi) is 9.41. The highest BCUT2D eigenvalue weighted by atomic mass is 16.3. The molecule has 0 saturated heterocycles. The van der Waals surface area contributed by atoms with E-state index in [2.05, 4.69) is 143 Å². The molecule has 0 atom stereocenters. The summed E-state index contributed by atoms with van der Waals surface area (Å²) in [5.74, 6) is 1.45. The van der Waals surface area contributed by atoms with Gasteiger partial charge in [0.25, 0.3) is 0 Å². The summed E-state index contributed by atoms with van der Waals surface area (Å²) in [5, 5.41) is 12.3. The Balaban J connectivity index is 1.25. The zero-order valence-electron chi connectivity index (χ0n) is 47.4. The van der Waals surface area contributed by atoms with Gasteiger partial charge < -0.3 is 5.11 Å². The smallest absolute Gasteiger partial charge is 0.149 e. The summed E-state index contributed by atoms with van der Waals surface area (Å²) in [7, 11) is 0. The van der Waals surface area contributed by atoms with Gasteiger partial charge in [0.2, 0.25) is 0 Å². The molecule has 0 aliphatic carbocycles. The van der Waals surface area contributed by atoms with E-state index >= 15 is 0 Å². The third-order valence-corrected chi connectivity index (χ3v) is 12.5. The minimum Gasteiger partial charge on any atom is -0.507 e. The second kappa shape index (κ2) is 18.1. The van der Waals surface area contributed by atoms with Crippen LogP contribution in [0, 0.1) is 5.92 Å². The van der Waals surface area contributed by atoms with Gasteiger partial charge in [-0.3, -0.25) is 9.55 Å².